The molecule has 0 aromatic carbocycles. The first-order valence-corrected chi connectivity index (χ1v) is 7.94. The molecule has 2 unspecified atom stereocenters. The molecule has 1 saturated heterocycles. The molecule has 1 amide bonds. The quantitative estimate of drug-likeness (QED) is 0.660. The highest BCUT2D eigenvalue weighted by Gasteiger charge is 2.26. The van der Waals surface area contributed by atoms with E-state index in [1.54, 1.807) is 0 Å². The van der Waals surface area contributed by atoms with E-state index >= 15 is 0 Å². The zero-order valence-electron chi connectivity index (χ0n) is 12.9. The Bertz CT molecular complexity index is 256. The van der Waals surface area contributed by atoms with Crippen LogP contribution in [0.3, 0.4) is 0 Å². The molecule has 0 bridgehead atoms. The molecule has 4 nitrogen and oxygen atoms in total. The average molecular weight is 269 g/mol. The van der Waals surface area contributed by atoms with Crippen molar-refractivity contribution in [3.63, 3.8) is 0 Å². The van der Waals surface area contributed by atoms with Crippen molar-refractivity contribution >= 4 is 5.91 Å². The van der Waals surface area contributed by atoms with Crippen LogP contribution in [-0.4, -0.2) is 49.1 Å². The third kappa shape index (κ3) is 5.91. The lowest BCUT2D eigenvalue weighted by molar-refractivity contribution is -0.126. The average Bonchev–Trinajstić information content (AvgIpc) is 2.43. The summed E-state index contributed by atoms with van der Waals surface area (Å²) in [7, 11) is 0. The van der Waals surface area contributed by atoms with E-state index in [4.69, 9.17) is 0 Å². The van der Waals surface area contributed by atoms with Crippen molar-refractivity contribution in [2.45, 2.75) is 65.0 Å². The Morgan fingerprint density at radius 2 is 2.16 bits per heavy atom. The highest BCUT2D eigenvalue weighted by molar-refractivity contribution is 5.81. The molecule has 0 aromatic rings. The highest BCUT2D eigenvalue weighted by atomic mass is 16.2. The number of likely N-dealkylation sites (tertiary alicyclic amines) is 1. The second kappa shape index (κ2) is 9.32. The predicted molar refractivity (Wildman–Crippen MR) is 80.3 cm³/mol. The summed E-state index contributed by atoms with van der Waals surface area (Å²) in [6, 6.07) is 0.553. The molecule has 1 aliphatic rings. The number of carbonyl (C=O) groups is 1. The lowest BCUT2D eigenvalue weighted by Crippen LogP contribution is -2.53. The van der Waals surface area contributed by atoms with E-state index in [1.165, 1.54) is 25.7 Å². The summed E-state index contributed by atoms with van der Waals surface area (Å²) in [6.45, 7) is 10.2. The van der Waals surface area contributed by atoms with Gasteiger partial charge in [-0.1, -0.05) is 26.7 Å². The molecule has 112 valence electrons. The minimum atomic E-state index is 0.00285. The van der Waals surface area contributed by atoms with Crippen LogP contribution in [0.5, 0.6) is 0 Å². The first-order chi connectivity index (χ1) is 9.19. The van der Waals surface area contributed by atoms with Crippen LogP contribution >= 0.6 is 0 Å². The van der Waals surface area contributed by atoms with Crippen molar-refractivity contribution in [2.75, 3.05) is 26.2 Å². The number of unbranched alkanes of at least 4 members (excludes halogenated alkanes) is 2. The summed E-state index contributed by atoms with van der Waals surface area (Å²) in [5.74, 6) is 0.188. The first-order valence-electron chi connectivity index (χ1n) is 7.94. The molecule has 0 saturated carbocycles. The van der Waals surface area contributed by atoms with Gasteiger partial charge >= 0.3 is 0 Å². The summed E-state index contributed by atoms with van der Waals surface area (Å²) in [5.41, 5.74) is 0. The zero-order valence-corrected chi connectivity index (χ0v) is 12.9. The lowest BCUT2D eigenvalue weighted by atomic mass is 10.0. The van der Waals surface area contributed by atoms with Crippen molar-refractivity contribution in [1.82, 2.24) is 15.5 Å². The number of likely N-dealkylation sites (N-methyl/N-ethyl adjacent to an activating group) is 1. The molecule has 1 aliphatic heterocycles. The van der Waals surface area contributed by atoms with Crippen LogP contribution in [0.4, 0.5) is 0 Å². The minimum absolute atomic E-state index is 0.00285. The fourth-order valence-corrected chi connectivity index (χ4v) is 2.71. The summed E-state index contributed by atoms with van der Waals surface area (Å²) in [5, 5.41) is 6.56. The molecule has 0 aromatic heterocycles. The van der Waals surface area contributed by atoms with Gasteiger partial charge in [-0.2, -0.15) is 0 Å². The molecule has 0 spiro atoms. The summed E-state index contributed by atoms with van der Waals surface area (Å²) in [6.07, 6.45) is 5.90. The second-order valence-electron chi connectivity index (χ2n) is 5.57. The smallest absolute Gasteiger partial charge is 0.237 e. The van der Waals surface area contributed by atoms with Gasteiger partial charge in [-0.3, -0.25) is 9.69 Å². The number of nitrogens with one attached hydrogen (secondary N) is 2. The van der Waals surface area contributed by atoms with Gasteiger partial charge in [0.2, 0.25) is 5.91 Å². The summed E-state index contributed by atoms with van der Waals surface area (Å²) in [4.78, 5) is 14.4. The van der Waals surface area contributed by atoms with Gasteiger partial charge in [-0.15, -0.1) is 0 Å². The fraction of sp³-hybridized carbons (Fsp3) is 0.933. The van der Waals surface area contributed by atoms with Gasteiger partial charge in [0.25, 0.3) is 0 Å². The maximum absolute atomic E-state index is 12.1. The van der Waals surface area contributed by atoms with Crippen molar-refractivity contribution in [3.05, 3.63) is 0 Å². The van der Waals surface area contributed by atoms with Crippen LogP contribution in [0, 0.1) is 0 Å². The number of nitrogens with zero attached hydrogens (tertiary/aromatic N) is 1. The Morgan fingerprint density at radius 3 is 2.84 bits per heavy atom. The van der Waals surface area contributed by atoms with E-state index in [0.29, 0.717) is 6.04 Å². The van der Waals surface area contributed by atoms with Gasteiger partial charge < -0.3 is 10.6 Å². The standard InChI is InChI=1S/C15H31N3O/c1-4-6-7-10-17-15(19)13(3)18-11-8-9-14(12-18)16-5-2/h13-14,16H,4-12H2,1-3H3,(H,17,19). The van der Waals surface area contributed by atoms with Gasteiger partial charge in [0.15, 0.2) is 0 Å². The maximum atomic E-state index is 12.1. The van der Waals surface area contributed by atoms with Crippen molar-refractivity contribution in [3.8, 4) is 0 Å². The van der Waals surface area contributed by atoms with Crippen molar-refractivity contribution < 1.29 is 4.79 Å². The number of piperidine rings is 1. The monoisotopic (exact) mass is 269 g/mol. The van der Waals surface area contributed by atoms with E-state index < -0.39 is 0 Å². The van der Waals surface area contributed by atoms with Gasteiger partial charge in [-0.05, 0) is 39.3 Å². The molecule has 0 aliphatic carbocycles. The summed E-state index contributed by atoms with van der Waals surface area (Å²) >= 11 is 0. The van der Waals surface area contributed by atoms with Crippen molar-refractivity contribution in [2.24, 2.45) is 0 Å². The molecular weight excluding hydrogens is 238 g/mol. The van der Waals surface area contributed by atoms with E-state index in [0.717, 1.165) is 32.6 Å². The first kappa shape index (κ1) is 16.4. The maximum Gasteiger partial charge on any atom is 0.237 e. The molecule has 0 radical (unpaired) electrons. The van der Waals surface area contributed by atoms with E-state index in [1.807, 2.05) is 6.92 Å². The van der Waals surface area contributed by atoms with E-state index in [9.17, 15) is 4.79 Å². The largest absolute Gasteiger partial charge is 0.355 e. The zero-order chi connectivity index (χ0) is 14.1. The van der Waals surface area contributed by atoms with Crippen LogP contribution < -0.4 is 10.6 Å². The van der Waals surface area contributed by atoms with Crippen LogP contribution in [-0.2, 0) is 4.79 Å². The molecule has 1 fully saturated rings. The molecule has 1 heterocycles. The lowest BCUT2D eigenvalue weighted by Gasteiger charge is -2.36. The third-order valence-corrected chi connectivity index (χ3v) is 3.95. The fourth-order valence-electron chi connectivity index (χ4n) is 2.71. The van der Waals surface area contributed by atoms with Crippen LogP contribution in [0.15, 0.2) is 0 Å². The summed E-state index contributed by atoms with van der Waals surface area (Å²) < 4.78 is 0. The molecule has 19 heavy (non-hydrogen) atoms. The van der Waals surface area contributed by atoms with Gasteiger partial charge in [0.05, 0.1) is 6.04 Å². The van der Waals surface area contributed by atoms with Gasteiger partial charge in [0, 0.05) is 19.1 Å². The van der Waals surface area contributed by atoms with E-state index in [2.05, 4.69) is 29.4 Å². The highest BCUT2D eigenvalue weighted by Crippen LogP contribution is 2.13. The SMILES string of the molecule is CCCCCNC(=O)C(C)N1CCCC(NCC)C1. The second-order valence-corrected chi connectivity index (χ2v) is 5.57. The number of rotatable bonds is 8. The van der Waals surface area contributed by atoms with E-state index in [-0.39, 0.29) is 11.9 Å². The Kier molecular flexibility index (Phi) is 8.07. The van der Waals surface area contributed by atoms with Gasteiger partial charge in [-0.25, -0.2) is 0 Å². The van der Waals surface area contributed by atoms with Crippen molar-refractivity contribution in [1.29, 1.82) is 0 Å². The van der Waals surface area contributed by atoms with Crippen LogP contribution in [0.25, 0.3) is 0 Å². The van der Waals surface area contributed by atoms with Gasteiger partial charge in [0.1, 0.15) is 0 Å². The number of hydrogen-bond donors (Lipinski definition) is 2. The Morgan fingerprint density at radius 1 is 1.37 bits per heavy atom. The topological polar surface area (TPSA) is 44.4 Å². The van der Waals surface area contributed by atoms with Crippen LogP contribution in [0.1, 0.15) is 52.9 Å². The Hall–Kier alpha value is -0.610. The molecule has 1 rings (SSSR count). The Labute approximate surface area is 118 Å². The molecule has 2 atom stereocenters. The Balaban J connectivity index is 2.30. The number of amides is 1. The number of carbonyl (C=O) groups excluding carboxylic acids is 1. The predicted octanol–water partition coefficient (Wildman–Crippen LogP) is 1.76. The molecular formula is C15H31N3O. The van der Waals surface area contributed by atoms with Crippen LogP contribution in [0.2, 0.25) is 0 Å². The third-order valence-electron chi connectivity index (χ3n) is 3.95. The molecule has 4 heteroatoms. The normalized spacial score (nSPS) is 22.2. The minimum Gasteiger partial charge on any atom is -0.355 e. The number of hydrogen-bond acceptors (Lipinski definition) is 3. The molecule has 2 N–H and O–H groups in total.